The summed E-state index contributed by atoms with van der Waals surface area (Å²) in [5, 5.41) is 0. The van der Waals surface area contributed by atoms with E-state index in [1.165, 1.54) is 18.0 Å². The average Bonchev–Trinajstić information content (AvgIpc) is 2.80. The van der Waals surface area contributed by atoms with Crippen molar-refractivity contribution in [3.8, 4) is 18.1 Å². The van der Waals surface area contributed by atoms with Gasteiger partial charge in [-0.3, -0.25) is 19.4 Å². The molecule has 2 aliphatic heterocycles. The maximum absolute atomic E-state index is 14.6. The van der Waals surface area contributed by atoms with Gasteiger partial charge in [-0.1, -0.05) is 5.92 Å². The number of nitrogens with zero attached hydrogens (tertiary/aromatic N) is 3. The molecule has 1 aromatic carbocycles. The maximum atomic E-state index is 14.6. The zero-order chi connectivity index (χ0) is 19.2. The Morgan fingerprint density at radius 1 is 1.27 bits per heavy atom. The first-order valence-corrected chi connectivity index (χ1v) is 7.77. The number of amides is 4. The third kappa shape index (κ3) is 2.49. The maximum Gasteiger partial charge on any atom is 0.336 e. The highest BCUT2D eigenvalue weighted by Gasteiger charge is 2.42. The highest BCUT2D eigenvalue weighted by Crippen LogP contribution is 2.39. The van der Waals surface area contributed by atoms with E-state index >= 15 is 0 Å². The number of ether oxygens (including phenoxy) is 1. The summed E-state index contributed by atoms with van der Waals surface area (Å²) in [6.45, 7) is 3.07. The van der Waals surface area contributed by atoms with Crippen LogP contribution in [0.15, 0.2) is 23.4 Å². The van der Waals surface area contributed by atoms with Crippen molar-refractivity contribution in [3.05, 3.63) is 29.2 Å². The lowest BCUT2D eigenvalue weighted by Gasteiger charge is -2.29. The minimum atomic E-state index is -0.816. The SMILES string of the molecule is C#CCN1C(=O)COc2cc(F)c(N3C(=O)C(=C(C)C)N(C)C3=O)cc21. The van der Waals surface area contributed by atoms with Crippen molar-refractivity contribution in [1.29, 1.82) is 0 Å². The summed E-state index contributed by atoms with van der Waals surface area (Å²) >= 11 is 0. The summed E-state index contributed by atoms with van der Waals surface area (Å²) in [5.41, 5.74) is 0.755. The highest BCUT2D eigenvalue weighted by molar-refractivity contribution is 6.27. The molecule has 0 atom stereocenters. The highest BCUT2D eigenvalue weighted by atomic mass is 19.1. The number of halogens is 1. The predicted octanol–water partition coefficient (Wildman–Crippen LogP) is 1.88. The molecule has 2 aliphatic rings. The standard InChI is InChI=1S/C18H16FN3O4/c1-5-6-21-13-8-12(11(19)7-14(13)26-9-15(21)23)22-17(24)16(10(2)3)20(4)18(22)25/h1,7-8H,6,9H2,2-4H3. The molecule has 26 heavy (non-hydrogen) atoms. The van der Waals surface area contributed by atoms with E-state index in [0.29, 0.717) is 5.57 Å². The van der Waals surface area contributed by atoms with Gasteiger partial charge in [0.05, 0.1) is 17.9 Å². The van der Waals surface area contributed by atoms with E-state index in [2.05, 4.69) is 5.92 Å². The van der Waals surface area contributed by atoms with Crippen LogP contribution < -0.4 is 14.5 Å². The van der Waals surface area contributed by atoms with Gasteiger partial charge < -0.3 is 4.74 Å². The van der Waals surface area contributed by atoms with Crippen LogP contribution in [0.2, 0.25) is 0 Å². The summed E-state index contributed by atoms with van der Waals surface area (Å²) in [4.78, 5) is 40.4. The number of fused-ring (bicyclic) bond motifs is 1. The van der Waals surface area contributed by atoms with E-state index in [4.69, 9.17) is 11.2 Å². The first-order chi connectivity index (χ1) is 12.3. The first-order valence-electron chi connectivity index (χ1n) is 7.77. The van der Waals surface area contributed by atoms with Crippen molar-refractivity contribution in [2.75, 3.05) is 30.0 Å². The molecular weight excluding hydrogens is 341 g/mol. The van der Waals surface area contributed by atoms with Crippen molar-refractivity contribution in [2.24, 2.45) is 0 Å². The van der Waals surface area contributed by atoms with Gasteiger partial charge in [0.1, 0.15) is 11.4 Å². The number of likely N-dealkylation sites (N-methyl/N-ethyl adjacent to an activating group) is 1. The van der Waals surface area contributed by atoms with Gasteiger partial charge in [-0.2, -0.15) is 0 Å². The lowest BCUT2D eigenvalue weighted by molar-refractivity contribution is -0.121. The molecule has 1 saturated heterocycles. The molecule has 134 valence electrons. The molecule has 0 aromatic heterocycles. The van der Waals surface area contributed by atoms with Crippen molar-refractivity contribution in [3.63, 3.8) is 0 Å². The molecule has 4 amide bonds. The molecular formula is C18H16FN3O4. The van der Waals surface area contributed by atoms with E-state index in [-0.39, 0.29) is 36.0 Å². The van der Waals surface area contributed by atoms with Crippen LogP contribution in [-0.2, 0) is 9.59 Å². The van der Waals surface area contributed by atoms with Gasteiger partial charge in [0, 0.05) is 13.1 Å². The Bertz CT molecular complexity index is 912. The number of urea groups is 1. The fraction of sp³-hybridized carbons (Fsp3) is 0.278. The molecule has 0 spiro atoms. The number of allylic oxidation sites excluding steroid dienone is 1. The number of carbonyl (C=O) groups is 3. The van der Waals surface area contributed by atoms with Gasteiger partial charge in [0.15, 0.2) is 12.4 Å². The molecule has 1 aromatic rings. The number of benzene rings is 1. The summed E-state index contributed by atoms with van der Waals surface area (Å²) in [5.74, 6) is 0.627. The Labute approximate surface area is 149 Å². The van der Waals surface area contributed by atoms with Crippen molar-refractivity contribution in [2.45, 2.75) is 13.8 Å². The monoisotopic (exact) mass is 357 g/mol. The second-order valence-corrected chi connectivity index (χ2v) is 6.07. The lowest BCUT2D eigenvalue weighted by atomic mass is 10.1. The normalized spacial score (nSPS) is 16.7. The van der Waals surface area contributed by atoms with Crippen molar-refractivity contribution in [1.82, 2.24) is 4.90 Å². The zero-order valence-corrected chi connectivity index (χ0v) is 14.5. The van der Waals surface area contributed by atoms with Crippen LogP contribution in [0.5, 0.6) is 5.75 Å². The largest absolute Gasteiger partial charge is 0.481 e. The number of hydrogen-bond donors (Lipinski definition) is 0. The van der Waals surface area contributed by atoms with E-state index in [1.807, 2.05) is 0 Å². The molecule has 2 heterocycles. The second-order valence-electron chi connectivity index (χ2n) is 6.07. The Kier molecular flexibility index (Phi) is 4.16. The Morgan fingerprint density at radius 2 is 1.96 bits per heavy atom. The number of imide groups is 1. The van der Waals surface area contributed by atoms with E-state index in [1.54, 1.807) is 13.8 Å². The fourth-order valence-corrected chi connectivity index (χ4v) is 2.99. The quantitative estimate of drug-likeness (QED) is 0.460. The van der Waals surface area contributed by atoms with Crippen LogP contribution in [0.4, 0.5) is 20.6 Å². The van der Waals surface area contributed by atoms with Gasteiger partial charge in [-0.15, -0.1) is 6.42 Å². The van der Waals surface area contributed by atoms with Gasteiger partial charge >= 0.3 is 6.03 Å². The lowest BCUT2D eigenvalue weighted by Crippen LogP contribution is -2.39. The van der Waals surface area contributed by atoms with Crippen molar-refractivity contribution >= 4 is 29.2 Å². The molecule has 0 unspecified atom stereocenters. The zero-order valence-electron chi connectivity index (χ0n) is 14.5. The molecule has 8 heteroatoms. The summed E-state index contributed by atoms with van der Waals surface area (Å²) in [7, 11) is 1.44. The van der Waals surface area contributed by atoms with E-state index in [9.17, 15) is 18.8 Å². The molecule has 0 radical (unpaired) electrons. The fourth-order valence-electron chi connectivity index (χ4n) is 2.99. The average molecular weight is 357 g/mol. The number of hydrogen-bond acceptors (Lipinski definition) is 4. The molecule has 0 N–H and O–H groups in total. The van der Waals surface area contributed by atoms with Gasteiger partial charge in [0.25, 0.3) is 11.8 Å². The third-order valence-electron chi connectivity index (χ3n) is 4.15. The molecule has 7 nitrogen and oxygen atoms in total. The smallest absolute Gasteiger partial charge is 0.336 e. The van der Waals surface area contributed by atoms with Gasteiger partial charge in [-0.25, -0.2) is 14.1 Å². The predicted molar refractivity (Wildman–Crippen MR) is 92.1 cm³/mol. The first kappa shape index (κ1) is 17.5. The summed E-state index contributed by atoms with van der Waals surface area (Å²) in [6.07, 6.45) is 5.29. The topological polar surface area (TPSA) is 70.2 Å². The Morgan fingerprint density at radius 3 is 2.54 bits per heavy atom. The summed E-state index contributed by atoms with van der Waals surface area (Å²) in [6, 6.07) is 1.59. The van der Waals surface area contributed by atoms with Crippen LogP contribution >= 0.6 is 0 Å². The molecule has 3 rings (SSSR count). The van der Waals surface area contributed by atoms with E-state index in [0.717, 1.165) is 15.9 Å². The Balaban J connectivity index is 2.15. The number of anilines is 2. The number of rotatable bonds is 2. The second kappa shape index (κ2) is 6.19. The Hall–Kier alpha value is -3.34. The van der Waals surface area contributed by atoms with Gasteiger partial charge in [-0.05, 0) is 25.5 Å². The summed E-state index contributed by atoms with van der Waals surface area (Å²) < 4.78 is 19.9. The molecule has 1 fully saturated rings. The van der Waals surface area contributed by atoms with Gasteiger partial charge in [0.2, 0.25) is 0 Å². The molecule has 0 bridgehead atoms. The molecule has 0 aliphatic carbocycles. The van der Waals surface area contributed by atoms with Crippen LogP contribution in [0.3, 0.4) is 0 Å². The minimum absolute atomic E-state index is 0.0404. The minimum Gasteiger partial charge on any atom is -0.481 e. The van der Waals surface area contributed by atoms with E-state index < -0.39 is 23.7 Å². The number of terminal acetylenes is 1. The van der Waals surface area contributed by atoms with Crippen LogP contribution in [0.25, 0.3) is 0 Å². The third-order valence-corrected chi connectivity index (χ3v) is 4.15. The van der Waals surface area contributed by atoms with Crippen molar-refractivity contribution < 1.29 is 23.5 Å². The number of carbonyl (C=O) groups excluding carboxylic acids is 3. The van der Waals surface area contributed by atoms with Crippen LogP contribution in [0, 0.1) is 18.2 Å². The van der Waals surface area contributed by atoms with Crippen LogP contribution in [-0.4, -0.2) is 42.9 Å². The molecule has 0 saturated carbocycles. The van der Waals surface area contributed by atoms with Crippen LogP contribution in [0.1, 0.15) is 13.8 Å².